The smallest absolute Gasteiger partial charge is 0.338 e. The minimum absolute atomic E-state index is 0.103. The summed E-state index contributed by atoms with van der Waals surface area (Å²) in [5.74, 6) is -0.871. The van der Waals surface area contributed by atoms with Gasteiger partial charge in [0.1, 0.15) is 6.17 Å². The van der Waals surface area contributed by atoms with E-state index in [1.807, 2.05) is 0 Å². The lowest BCUT2D eigenvalue weighted by Gasteiger charge is -2.27. The van der Waals surface area contributed by atoms with Crippen molar-refractivity contribution in [3.8, 4) is 0 Å². The van der Waals surface area contributed by atoms with Crippen LogP contribution in [-0.4, -0.2) is 33.6 Å². The maximum atomic E-state index is 12.5. The van der Waals surface area contributed by atoms with Crippen LogP contribution in [0.3, 0.4) is 0 Å². The Balaban J connectivity index is 2.02. The van der Waals surface area contributed by atoms with E-state index in [0.717, 1.165) is 4.47 Å². The molecule has 0 saturated heterocycles. The number of halogens is 4. The Kier molecular flexibility index (Phi) is 9.18. The van der Waals surface area contributed by atoms with E-state index in [9.17, 15) is 9.59 Å². The van der Waals surface area contributed by atoms with E-state index in [2.05, 4.69) is 31.9 Å². The third-order valence-electron chi connectivity index (χ3n) is 3.64. The molecule has 6 nitrogen and oxygen atoms in total. The number of carbonyl (C=O) groups is 2. The molecule has 1 amide bonds. The summed E-state index contributed by atoms with van der Waals surface area (Å²) >= 11 is 26.5. The Morgan fingerprint density at radius 3 is 2.13 bits per heavy atom. The van der Waals surface area contributed by atoms with Crippen LogP contribution in [0.1, 0.15) is 27.6 Å². The number of hydrogen-bond donors (Lipinski definition) is 3. The number of nitrogens with one attached hydrogen (secondary N) is 3. The molecule has 11 heteroatoms. The minimum Gasteiger partial charge on any atom is -0.462 e. The summed E-state index contributed by atoms with van der Waals surface area (Å²) in [4.78, 5) is 24.2. The van der Waals surface area contributed by atoms with Crippen LogP contribution in [0.4, 0.5) is 5.69 Å². The number of esters is 1. The van der Waals surface area contributed by atoms with Gasteiger partial charge >= 0.3 is 5.97 Å². The van der Waals surface area contributed by atoms with Crippen molar-refractivity contribution in [1.82, 2.24) is 10.6 Å². The molecule has 0 aliphatic carbocycles. The normalized spacial score (nSPS) is 11.9. The molecule has 2 rings (SSSR count). The number of hydrogen-bond acceptors (Lipinski definition) is 4. The maximum absolute atomic E-state index is 12.5. The average molecular weight is 554 g/mol. The van der Waals surface area contributed by atoms with Crippen LogP contribution in [0.2, 0.25) is 0 Å². The monoisotopic (exact) mass is 551 g/mol. The molecule has 0 radical (unpaired) electrons. The van der Waals surface area contributed by atoms with Crippen LogP contribution in [-0.2, 0) is 4.74 Å². The predicted octanol–water partition coefficient (Wildman–Crippen LogP) is 5.04. The van der Waals surface area contributed by atoms with Crippen molar-refractivity contribution in [2.45, 2.75) is 16.9 Å². The van der Waals surface area contributed by atoms with Crippen molar-refractivity contribution in [2.24, 2.45) is 0 Å². The topological polar surface area (TPSA) is 79.5 Å². The fourth-order valence-electron chi connectivity index (χ4n) is 2.22. The van der Waals surface area contributed by atoms with Gasteiger partial charge in [-0.3, -0.25) is 4.79 Å². The van der Waals surface area contributed by atoms with Crippen molar-refractivity contribution in [2.75, 3.05) is 11.9 Å². The van der Waals surface area contributed by atoms with Gasteiger partial charge in [0, 0.05) is 15.7 Å². The van der Waals surface area contributed by atoms with Gasteiger partial charge in [-0.2, -0.15) is 0 Å². The third kappa shape index (κ3) is 7.59. The molecule has 0 unspecified atom stereocenters. The predicted molar refractivity (Wildman–Crippen MR) is 127 cm³/mol. The molecule has 0 aromatic heterocycles. The summed E-state index contributed by atoms with van der Waals surface area (Å²) in [6, 6.07) is 13.1. The molecule has 3 N–H and O–H groups in total. The van der Waals surface area contributed by atoms with E-state index in [0.29, 0.717) is 16.8 Å². The van der Waals surface area contributed by atoms with Crippen molar-refractivity contribution in [3.05, 3.63) is 64.1 Å². The lowest BCUT2D eigenvalue weighted by atomic mass is 10.2. The highest BCUT2D eigenvalue weighted by molar-refractivity contribution is 9.10. The Hall–Kier alpha value is -1.58. The number of anilines is 1. The molecule has 30 heavy (non-hydrogen) atoms. The minimum atomic E-state index is -1.88. The van der Waals surface area contributed by atoms with Gasteiger partial charge < -0.3 is 20.7 Å². The summed E-state index contributed by atoms with van der Waals surface area (Å²) in [6.07, 6.45) is -1.11. The first-order chi connectivity index (χ1) is 14.1. The van der Waals surface area contributed by atoms with Crippen LogP contribution in [0.5, 0.6) is 0 Å². The van der Waals surface area contributed by atoms with Gasteiger partial charge in [0.15, 0.2) is 5.11 Å². The van der Waals surface area contributed by atoms with E-state index >= 15 is 0 Å². The Bertz CT molecular complexity index is 906. The highest BCUT2D eigenvalue weighted by atomic mass is 79.9. The molecule has 160 valence electrons. The van der Waals surface area contributed by atoms with Crippen molar-refractivity contribution >= 4 is 85.6 Å². The molecule has 0 fully saturated rings. The van der Waals surface area contributed by atoms with Crippen LogP contribution in [0.15, 0.2) is 53.0 Å². The lowest BCUT2D eigenvalue weighted by molar-refractivity contribution is 0.0526. The van der Waals surface area contributed by atoms with Gasteiger partial charge in [-0.25, -0.2) is 4.79 Å². The van der Waals surface area contributed by atoms with Crippen LogP contribution in [0.25, 0.3) is 0 Å². The van der Waals surface area contributed by atoms with E-state index in [4.69, 9.17) is 51.8 Å². The van der Waals surface area contributed by atoms with E-state index in [1.165, 1.54) is 0 Å². The van der Waals surface area contributed by atoms with Gasteiger partial charge in [-0.1, -0.05) is 50.7 Å². The molecule has 2 aromatic carbocycles. The number of ether oxygens (including phenoxy) is 1. The summed E-state index contributed by atoms with van der Waals surface area (Å²) < 4.78 is 3.88. The first kappa shape index (κ1) is 24.7. The summed E-state index contributed by atoms with van der Waals surface area (Å²) in [7, 11) is 0. The largest absolute Gasteiger partial charge is 0.462 e. The standard InChI is InChI=1S/C19H17BrCl3N3O3S/c1-2-29-16(28)12-5-9-14(10-6-12)24-18(30)26-17(19(21,22)23)25-15(27)11-3-7-13(20)8-4-11/h3-10,17H,2H2,1H3,(H,25,27)(H2,24,26,30)/t17-/m0/s1. The van der Waals surface area contributed by atoms with Gasteiger partial charge in [-0.05, 0) is 67.7 Å². The summed E-state index contributed by atoms with van der Waals surface area (Å²) in [5.41, 5.74) is 1.37. The van der Waals surface area contributed by atoms with Crippen molar-refractivity contribution in [1.29, 1.82) is 0 Å². The number of thiocarbonyl (C=S) groups is 1. The molecule has 0 aliphatic heterocycles. The summed E-state index contributed by atoms with van der Waals surface area (Å²) in [5, 5.41) is 8.37. The van der Waals surface area contributed by atoms with Gasteiger partial charge in [0.05, 0.1) is 12.2 Å². The van der Waals surface area contributed by atoms with Crippen molar-refractivity contribution < 1.29 is 14.3 Å². The molecule has 0 spiro atoms. The SMILES string of the molecule is CCOC(=O)c1ccc(NC(=S)N[C@H](NC(=O)c2ccc(Br)cc2)C(Cl)(Cl)Cl)cc1. The number of carbonyl (C=O) groups excluding carboxylic acids is 2. The number of amides is 1. The zero-order valence-corrected chi connectivity index (χ0v) is 20.2. The number of alkyl halides is 3. The Morgan fingerprint density at radius 2 is 1.60 bits per heavy atom. The Morgan fingerprint density at radius 1 is 1.03 bits per heavy atom. The summed E-state index contributed by atoms with van der Waals surface area (Å²) in [6.45, 7) is 2.02. The first-order valence-electron chi connectivity index (χ1n) is 8.58. The zero-order valence-electron chi connectivity index (χ0n) is 15.5. The van der Waals surface area contributed by atoms with Gasteiger partial charge in [-0.15, -0.1) is 0 Å². The second kappa shape index (κ2) is 11.2. The molecule has 0 aliphatic rings. The second-order valence-corrected chi connectivity index (χ2v) is 9.54. The van der Waals surface area contributed by atoms with Crippen molar-refractivity contribution in [3.63, 3.8) is 0 Å². The lowest BCUT2D eigenvalue weighted by Crippen LogP contribution is -2.56. The third-order valence-corrected chi connectivity index (χ3v) is 5.04. The molecular weight excluding hydrogens is 537 g/mol. The molecule has 0 saturated carbocycles. The fourth-order valence-corrected chi connectivity index (χ4v) is 3.05. The molecule has 1 atom stereocenters. The highest BCUT2D eigenvalue weighted by Gasteiger charge is 2.34. The highest BCUT2D eigenvalue weighted by Crippen LogP contribution is 2.29. The van der Waals surface area contributed by atoms with Crippen LogP contribution >= 0.6 is 63.0 Å². The van der Waals surface area contributed by atoms with Crippen LogP contribution in [0, 0.1) is 0 Å². The van der Waals surface area contributed by atoms with Gasteiger partial charge in [0.25, 0.3) is 5.91 Å². The molecule has 0 heterocycles. The molecule has 0 bridgehead atoms. The van der Waals surface area contributed by atoms with E-state index < -0.39 is 21.8 Å². The average Bonchev–Trinajstić information content (AvgIpc) is 2.68. The zero-order chi connectivity index (χ0) is 22.3. The van der Waals surface area contributed by atoms with Crippen LogP contribution < -0.4 is 16.0 Å². The first-order valence-corrected chi connectivity index (χ1v) is 10.9. The molecule has 2 aromatic rings. The molecular formula is C19H17BrCl3N3O3S. The maximum Gasteiger partial charge on any atom is 0.338 e. The quantitative estimate of drug-likeness (QED) is 0.201. The second-order valence-electron chi connectivity index (χ2n) is 5.85. The van der Waals surface area contributed by atoms with E-state index in [-0.39, 0.29) is 11.7 Å². The Labute approximate surface area is 202 Å². The van der Waals surface area contributed by atoms with Gasteiger partial charge in [0.2, 0.25) is 3.79 Å². The van der Waals surface area contributed by atoms with E-state index in [1.54, 1.807) is 55.5 Å². The fraction of sp³-hybridized carbons (Fsp3) is 0.211. The number of rotatable bonds is 6. The number of benzene rings is 2.